The third-order valence-corrected chi connectivity index (χ3v) is 4.17. The third kappa shape index (κ3) is 3.48. The van der Waals surface area contributed by atoms with Gasteiger partial charge in [-0.3, -0.25) is 0 Å². The van der Waals surface area contributed by atoms with E-state index in [-0.39, 0.29) is 21.6 Å². The van der Waals surface area contributed by atoms with Gasteiger partial charge in [0.05, 0.1) is 8.95 Å². The molecule has 0 spiro atoms. The molecule has 0 bridgehead atoms. The van der Waals surface area contributed by atoms with E-state index in [1.165, 1.54) is 12.1 Å². The first-order chi connectivity index (χ1) is 9.93. The lowest BCUT2D eigenvalue weighted by molar-refractivity contribution is 0.318. The largest absolute Gasteiger partial charge is 0.453 e. The number of nitrogens with zero attached hydrogens (tertiary/aromatic N) is 1. The normalized spacial score (nSPS) is 11.5. The number of rotatable bonds is 3. The Kier molecular flexibility index (Phi) is 5.08. The van der Waals surface area contributed by atoms with Crippen LogP contribution in [0.25, 0.3) is 0 Å². The van der Waals surface area contributed by atoms with Crippen molar-refractivity contribution >= 4 is 49.3 Å². The highest BCUT2D eigenvalue weighted by Gasteiger charge is 2.16. The van der Waals surface area contributed by atoms with Crippen LogP contribution in [0, 0.1) is 5.82 Å². The van der Waals surface area contributed by atoms with E-state index in [1.54, 1.807) is 18.2 Å². The number of nitrogens with two attached hydrogens (primary N) is 1. The fourth-order valence-electron chi connectivity index (χ4n) is 1.54. The van der Waals surface area contributed by atoms with Crippen molar-refractivity contribution in [3.05, 3.63) is 55.7 Å². The first-order valence-electron chi connectivity index (χ1n) is 5.53. The lowest BCUT2D eigenvalue weighted by atomic mass is 10.2. The summed E-state index contributed by atoms with van der Waals surface area (Å²) in [5, 5.41) is 12.0. The zero-order valence-corrected chi connectivity index (χ0v) is 14.2. The zero-order valence-electron chi connectivity index (χ0n) is 10.3. The number of oxime groups is 1. The molecular formula is C13H8Br2ClFN2O2. The Balaban J connectivity index is 2.40. The van der Waals surface area contributed by atoms with Crippen molar-refractivity contribution in [3.8, 4) is 11.5 Å². The molecule has 2 aromatic rings. The summed E-state index contributed by atoms with van der Waals surface area (Å²) in [4.78, 5) is 0. The minimum absolute atomic E-state index is 0.0145. The van der Waals surface area contributed by atoms with Crippen molar-refractivity contribution in [2.75, 3.05) is 0 Å². The molecule has 2 rings (SSSR count). The Labute approximate surface area is 141 Å². The van der Waals surface area contributed by atoms with Crippen molar-refractivity contribution in [1.29, 1.82) is 0 Å². The number of ether oxygens (including phenoxy) is 1. The van der Waals surface area contributed by atoms with Gasteiger partial charge in [-0.1, -0.05) is 16.8 Å². The van der Waals surface area contributed by atoms with Crippen LogP contribution in [0.15, 0.2) is 44.4 Å². The predicted octanol–water partition coefficient (Wildman–Crippen LogP) is 4.89. The summed E-state index contributed by atoms with van der Waals surface area (Å²) < 4.78 is 20.4. The molecule has 4 nitrogen and oxygen atoms in total. The summed E-state index contributed by atoms with van der Waals surface area (Å²) in [6, 6.07) is 7.72. The van der Waals surface area contributed by atoms with E-state index in [0.29, 0.717) is 15.2 Å². The average Bonchev–Trinajstić information content (AvgIpc) is 2.46. The first-order valence-corrected chi connectivity index (χ1v) is 7.49. The third-order valence-electron chi connectivity index (χ3n) is 2.54. The van der Waals surface area contributed by atoms with Gasteiger partial charge in [0.25, 0.3) is 0 Å². The molecule has 21 heavy (non-hydrogen) atoms. The molecule has 0 amide bonds. The Morgan fingerprint density at radius 3 is 2.52 bits per heavy atom. The van der Waals surface area contributed by atoms with Gasteiger partial charge in [0.2, 0.25) is 0 Å². The molecule has 0 radical (unpaired) electrons. The van der Waals surface area contributed by atoms with E-state index in [4.69, 9.17) is 27.3 Å². The molecule has 3 N–H and O–H groups in total. The van der Waals surface area contributed by atoms with Gasteiger partial charge < -0.3 is 15.7 Å². The maximum atomic E-state index is 14.3. The van der Waals surface area contributed by atoms with Crippen LogP contribution < -0.4 is 10.5 Å². The molecule has 0 aliphatic carbocycles. The zero-order chi connectivity index (χ0) is 15.6. The van der Waals surface area contributed by atoms with Gasteiger partial charge in [-0.05, 0) is 62.2 Å². The van der Waals surface area contributed by atoms with E-state index < -0.39 is 5.82 Å². The molecule has 0 aromatic heterocycles. The minimum atomic E-state index is -0.666. The van der Waals surface area contributed by atoms with Crippen LogP contribution in [0.1, 0.15) is 5.56 Å². The quantitative estimate of drug-likeness (QED) is 0.310. The highest BCUT2D eigenvalue weighted by atomic mass is 79.9. The average molecular weight is 438 g/mol. The topological polar surface area (TPSA) is 67.8 Å². The molecule has 0 heterocycles. The van der Waals surface area contributed by atoms with Crippen molar-refractivity contribution in [2.45, 2.75) is 0 Å². The minimum Gasteiger partial charge on any atom is -0.453 e. The summed E-state index contributed by atoms with van der Waals surface area (Å²) in [5.74, 6) is -0.484. The van der Waals surface area contributed by atoms with Crippen molar-refractivity contribution in [1.82, 2.24) is 0 Å². The van der Waals surface area contributed by atoms with E-state index in [0.717, 1.165) is 0 Å². The van der Waals surface area contributed by atoms with E-state index >= 15 is 0 Å². The lowest BCUT2D eigenvalue weighted by Crippen LogP contribution is -2.14. The fourth-order valence-corrected chi connectivity index (χ4v) is 2.83. The van der Waals surface area contributed by atoms with Crippen LogP contribution in [0.2, 0.25) is 5.02 Å². The van der Waals surface area contributed by atoms with Gasteiger partial charge in [-0.15, -0.1) is 0 Å². The summed E-state index contributed by atoms with van der Waals surface area (Å²) in [6.45, 7) is 0. The number of halogens is 4. The van der Waals surface area contributed by atoms with Crippen LogP contribution in [-0.4, -0.2) is 11.0 Å². The molecule has 0 fully saturated rings. The lowest BCUT2D eigenvalue weighted by Gasteiger charge is -2.11. The standard InChI is InChI=1S/C13H8Br2ClFN2O2/c14-8-5-6(16)1-3-9(8)21-10-4-2-7(13(18)19-20)11(15)12(10)17/h1-5,20H,(H2,18,19). The van der Waals surface area contributed by atoms with Gasteiger partial charge in [0.1, 0.15) is 5.75 Å². The predicted molar refractivity (Wildman–Crippen MR) is 85.8 cm³/mol. The second-order valence-corrected chi connectivity index (χ2v) is 5.99. The molecule has 8 heteroatoms. The fraction of sp³-hybridized carbons (Fsp3) is 0. The number of hydrogen-bond acceptors (Lipinski definition) is 3. The number of benzene rings is 2. The smallest absolute Gasteiger partial charge is 0.180 e. The molecule has 0 unspecified atom stereocenters. The maximum Gasteiger partial charge on any atom is 0.180 e. The Bertz CT molecular complexity index is 726. The number of hydrogen-bond donors (Lipinski definition) is 2. The molecule has 2 aromatic carbocycles. The molecule has 110 valence electrons. The summed E-state index contributed by atoms with van der Waals surface area (Å²) in [6.07, 6.45) is 0. The number of amidine groups is 1. The Morgan fingerprint density at radius 1 is 1.24 bits per heavy atom. The summed E-state index contributed by atoms with van der Waals surface area (Å²) >= 11 is 12.2. The maximum absolute atomic E-state index is 14.3. The van der Waals surface area contributed by atoms with Gasteiger partial charge in [0, 0.05) is 10.6 Å². The van der Waals surface area contributed by atoms with Crippen molar-refractivity contribution < 1.29 is 14.3 Å². The van der Waals surface area contributed by atoms with Crippen molar-refractivity contribution in [2.24, 2.45) is 10.9 Å². The molecular weight excluding hydrogens is 430 g/mol. The molecule has 0 atom stereocenters. The monoisotopic (exact) mass is 436 g/mol. The molecule has 0 saturated heterocycles. The van der Waals surface area contributed by atoms with Gasteiger partial charge >= 0.3 is 0 Å². The van der Waals surface area contributed by atoms with Crippen LogP contribution in [0.3, 0.4) is 0 Å². The van der Waals surface area contributed by atoms with Crippen LogP contribution in [0.5, 0.6) is 11.5 Å². The molecule has 0 saturated carbocycles. The second-order valence-electron chi connectivity index (χ2n) is 3.90. The molecule has 0 aliphatic rings. The first kappa shape index (κ1) is 16.1. The summed E-state index contributed by atoms with van der Waals surface area (Å²) in [5.41, 5.74) is 5.67. The van der Waals surface area contributed by atoms with Crippen molar-refractivity contribution in [3.63, 3.8) is 0 Å². The van der Waals surface area contributed by atoms with E-state index in [1.807, 2.05) is 0 Å². The van der Waals surface area contributed by atoms with Gasteiger partial charge in [0.15, 0.2) is 17.4 Å². The second kappa shape index (κ2) is 6.64. The van der Waals surface area contributed by atoms with E-state index in [2.05, 4.69) is 37.0 Å². The van der Waals surface area contributed by atoms with Gasteiger partial charge in [-0.25, -0.2) is 4.39 Å². The van der Waals surface area contributed by atoms with E-state index in [9.17, 15) is 4.39 Å². The van der Waals surface area contributed by atoms with Gasteiger partial charge in [-0.2, -0.15) is 0 Å². The Hall–Kier alpha value is -1.31. The Morgan fingerprint density at radius 2 is 1.90 bits per heavy atom. The van der Waals surface area contributed by atoms with Crippen LogP contribution in [0.4, 0.5) is 4.39 Å². The van der Waals surface area contributed by atoms with Crippen LogP contribution >= 0.6 is 43.5 Å². The van der Waals surface area contributed by atoms with Crippen LogP contribution in [-0.2, 0) is 0 Å². The molecule has 0 aliphatic heterocycles. The SMILES string of the molecule is N/C(=N/O)c1ccc(Oc2ccc(Cl)cc2Br)c(F)c1Br. The highest BCUT2D eigenvalue weighted by Crippen LogP contribution is 2.35. The summed E-state index contributed by atoms with van der Waals surface area (Å²) in [7, 11) is 0. The highest BCUT2D eigenvalue weighted by molar-refractivity contribution is 9.10.